The summed E-state index contributed by atoms with van der Waals surface area (Å²) in [6.45, 7) is 2.24. The summed E-state index contributed by atoms with van der Waals surface area (Å²) in [5.41, 5.74) is 0. The van der Waals surface area contributed by atoms with Crippen molar-refractivity contribution < 1.29 is 9.84 Å². The van der Waals surface area contributed by atoms with Crippen LogP contribution in [0.15, 0.2) is 0 Å². The van der Waals surface area contributed by atoms with Gasteiger partial charge in [-0.25, -0.2) is 0 Å². The summed E-state index contributed by atoms with van der Waals surface area (Å²) in [6, 6.07) is 0. The summed E-state index contributed by atoms with van der Waals surface area (Å²) < 4.78 is 5.05. The summed E-state index contributed by atoms with van der Waals surface area (Å²) in [5.74, 6) is 0.0203. The van der Waals surface area contributed by atoms with Crippen molar-refractivity contribution in [1.82, 2.24) is 0 Å². The Kier molecular flexibility index (Phi) is 5.83. The summed E-state index contributed by atoms with van der Waals surface area (Å²) in [7, 11) is 0. The van der Waals surface area contributed by atoms with Crippen molar-refractivity contribution in [1.29, 1.82) is 0 Å². The van der Waals surface area contributed by atoms with E-state index in [4.69, 9.17) is 39.5 Å². The van der Waals surface area contributed by atoms with Gasteiger partial charge in [-0.05, 0) is 6.92 Å². The Morgan fingerprint density at radius 3 is 2.36 bits per heavy atom. The molecule has 0 aromatic carbocycles. The van der Waals surface area contributed by atoms with Gasteiger partial charge in [0.25, 0.3) is 0 Å². The van der Waals surface area contributed by atoms with Crippen molar-refractivity contribution in [2.45, 2.75) is 18.1 Å². The molecule has 2 unspecified atom stereocenters. The van der Waals surface area contributed by atoms with Crippen LogP contribution in [0.3, 0.4) is 0 Å². The molecule has 0 aliphatic rings. The van der Waals surface area contributed by atoms with E-state index in [1.165, 1.54) is 0 Å². The molecule has 0 amide bonds. The van der Waals surface area contributed by atoms with E-state index in [9.17, 15) is 5.11 Å². The summed E-state index contributed by atoms with van der Waals surface area (Å²) in [6.07, 6.45) is -0.617. The normalized spacial score (nSPS) is 19.4. The highest BCUT2D eigenvalue weighted by atomic mass is 35.5. The molecule has 0 aliphatic heterocycles. The first-order valence-electron chi connectivity index (χ1n) is 3.23. The fraction of sp³-hybridized carbons (Fsp3) is 1.00. The Balaban J connectivity index is 3.99. The highest BCUT2D eigenvalue weighted by molar-refractivity contribution is 6.30. The zero-order valence-electron chi connectivity index (χ0n) is 6.19. The molecule has 0 bridgehead atoms. The highest BCUT2D eigenvalue weighted by Gasteiger charge is 2.33. The highest BCUT2D eigenvalue weighted by Crippen LogP contribution is 2.21. The fourth-order valence-corrected chi connectivity index (χ4v) is 1.31. The molecule has 0 fully saturated rings. The Morgan fingerprint density at radius 2 is 2.09 bits per heavy atom. The van der Waals surface area contributed by atoms with Crippen molar-refractivity contribution in [2.24, 2.45) is 0 Å². The molecule has 0 aromatic rings. The maximum Gasteiger partial charge on any atom is 0.179 e. The van der Waals surface area contributed by atoms with Crippen molar-refractivity contribution in [3.63, 3.8) is 0 Å². The third kappa shape index (κ3) is 3.81. The van der Waals surface area contributed by atoms with Gasteiger partial charge >= 0.3 is 0 Å². The quantitative estimate of drug-likeness (QED) is 0.718. The monoisotopic (exact) mass is 220 g/mol. The molecule has 68 valence electrons. The topological polar surface area (TPSA) is 29.5 Å². The van der Waals surface area contributed by atoms with Crippen molar-refractivity contribution in [2.75, 3.05) is 18.4 Å². The first kappa shape index (κ1) is 11.8. The molecule has 0 radical (unpaired) electrons. The van der Waals surface area contributed by atoms with Gasteiger partial charge in [0.2, 0.25) is 0 Å². The molecule has 0 saturated carbocycles. The molecule has 5 heteroatoms. The van der Waals surface area contributed by atoms with Crippen LogP contribution in [0.25, 0.3) is 0 Å². The van der Waals surface area contributed by atoms with E-state index in [2.05, 4.69) is 0 Å². The SMILES string of the molecule is CCOC(CCl)C(O)(Cl)CCl. The van der Waals surface area contributed by atoms with Crippen molar-refractivity contribution in [3.8, 4) is 0 Å². The number of ether oxygens (including phenoxy) is 1. The number of rotatable bonds is 5. The molecule has 2 nitrogen and oxygen atoms in total. The smallest absolute Gasteiger partial charge is 0.179 e. The molecular formula is C6H11Cl3O2. The van der Waals surface area contributed by atoms with Crippen LogP contribution in [-0.4, -0.2) is 34.6 Å². The number of aliphatic hydroxyl groups is 1. The van der Waals surface area contributed by atoms with Crippen molar-refractivity contribution in [3.05, 3.63) is 0 Å². The molecular weight excluding hydrogens is 210 g/mol. The van der Waals surface area contributed by atoms with Gasteiger partial charge in [-0.2, -0.15) is 0 Å². The number of halogens is 3. The molecule has 0 aromatic heterocycles. The lowest BCUT2D eigenvalue weighted by Crippen LogP contribution is -2.41. The lowest BCUT2D eigenvalue weighted by atomic mass is 10.2. The lowest BCUT2D eigenvalue weighted by molar-refractivity contribution is -0.0329. The molecule has 0 saturated heterocycles. The van der Waals surface area contributed by atoms with Gasteiger partial charge in [0, 0.05) is 6.61 Å². The van der Waals surface area contributed by atoms with Gasteiger partial charge in [-0.3, -0.25) is 0 Å². The van der Waals surface area contributed by atoms with E-state index < -0.39 is 11.2 Å². The number of hydrogen-bond donors (Lipinski definition) is 1. The van der Waals surface area contributed by atoms with E-state index >= 15 is 0 Å². The summed E-state index contributed by atoms with van der Waals surface area (Å²) in [4.78, 5) is 0. The van der Waals surface area contributed by atoms with E-state index in [1.54, 1.807) is 6.92 Å². The fourth-order valence-electron chi connectivity index (χ4n) is 0.578. The first-order chi connectivity index (χ1) is 5.08. The zero-order valence-corrected chi connectivity index (χ0v) is 8.46. The lowest BCUT2D eigenvalue weighted by Gasteiger charge is -2.26. The Hall–Kier alpha value is 0.790. The molecule has 11 heavy (non-hydrogen) atoms. The second kappa shape index (κ2) is 5.44. The van der Waals surface area contributed by atoms with E-state index in [0.29, 0.717) is 6.61 Å². The summed E-state index contributed by atoms with van der Waals surface area (Å²) in [5, 5.41) is 7.78. The number of alkyl halides is 3. The number of hydrogen-bond acceptors (Lipinski definition) is 2. The Labute approximate surface area is 81.4 Å². The van der Waals surface area contributed by atoms with Crippen LogP contribution in [0, 0.1) is 0 Å². The molecule has 0 rings (SSSR count). The minimum atomic E-state index is -1.56. The third-order valence-corrected chi connectivity index (χ3v) is 2.39. The molecule has 0 aliphatic carbocycles. The van der Waals surface area contributed by atoms with Gasteiger partial charge in [-0.15, -0.1) is 23.2 Å². The Morgan fingerprint density at radius 1 is 1.55 bits per heavy atom. The van der Waals surface area contributed by atoms with E-state index in [0.717, 1.165) is 0 Å². The average molecular weight is 222 g/mol. The molecule has 0 spiro atoms. The standard InChI is InChI=1S/C6H11Cl3O2/c1-2-11-5(3-7)6(9,10)4-8/h5,10H,2-4H2,1H3. The van der Waals surface area contributed by atoms with Gasteiger partial charge < -0.3 is 9.84 Å². The molecule has 1 N–H and O–H groups in total. The van der Waals surface area contributed by atoms with Gasteiger partial charge in [0.15, 0.2) is 5.06 Å². The summed E-state index contributed by atoms with van der Waals surface area (Å²) >= 11 is 16.4. The maximum atomic E-state index is 9.34. The maximum absolute atomic E-state index is 9.34. The van der Waals surface area contributed by atoms with Gasteiger partial charge in [0.05, 0.1) is 11.8 Å². The van der Waals surface area contributed by atoms with Crippen LogP contribution < -0.4 is 0 Å². The van der Waals surface area contributed by atoms with Crippen LogP contribution in [0.5, 0.6) is 0 Å². The minimum absolute atomic E-state index is 0.105. The molecule has 2 atom stereocenters. The third-order valence-electron chi connectivity index (χ3n) is 1.19. The predicted molar refractivity (Wildman–Crippen MR) is 47.7 cm³/mol. The average Bonchev–Trinajstić information content (AvgIpc) is 2.00. The second-order valence-corrected chi connectivity index (χ2v) is 3.28. The van der Waals surface area contributed by atoms with Crippen molar-refractivity contribution >= 4 is 34.8 Å². The van der Waals surface area contributed by atoms with Crippen LogP contribution in [0.2, 0.25) is 0 Å². The van der Waals surface area contributed by atoms with Crippen LogP contribution in [0.4, 0.5) is 0 Å². The largest absolute Gasteiger partial charge is 0.373 e. The Bertz CT molecular complexity index is 108. The van der Waals surface area contributed by atoms with E-state index in [1.807, 2.05) is 0 Å². The van der Waals surface area contributed by atoms with Gasteiger partial charge in [0.1, 0.15) is 6.10 Å². The first-order valence-corrected chi connectivity index (χ1v) is 4.68. The van der Waals surface area contributed by atoms with Crippen LogP contribution >= 0.6 is 34.8 Å². The van der Waals surface area contributed by atoms with Gasteiger partial charge in [-0.1, -0.05) is 11.6 Å². The minimum Gasteiger partial charge on any atom is -0.373 e. The predicted octanol–water partition coefficient (Wildman–Crippen LogP) is 1.80. The van der Waals surface area contributed by atoms with Crippen LogP contribution in [-0.2, 0) is 4.74 Å². The van der Waals surface area contributed by atoms with Crippen LogP contribution in [0.1, 0.15) is 6.92 Å². The molecule has 0 heterocycles. The van der Waals surface area contributed by atoms with E-state index in [-0.39, 0.29) is 11.8 Å². The second-order valence-electron chi connectivity index (χ2n) is 2.05. The zero-order chi connectivity index (χ0) is 8.91.